The molecular weight excluding hydrogens is 255 g/mol. The summed E-state index contributed by atoms with van der Waals surface area (Å²) < 4.78 is 0. The summed E-state index contributed by atoms with van der Waals surface area (Å²) in [5.41, 5.74) is 7.63. The molecule has 0 aliphatic rings. The van der Waals surface area contributed by atoms with Crippen LogP contribution in [0.5, 0.6) is 0 Å². The second kappa shape index (κ2) is 10.2. The van der Waals surface area contributed by atoms with Crippen LogP contribution in [0.2, 0.25) is 5.02 Å². The van der Waals surface area contributed by atoms with Gasteiger partial charge in [0.2, 0.25) is 0 Å². The zero-order chi connectivity index (χ0) is 13.1. The summed E-state index contributed by atoms with van der Waals surface area (Å²) in [6, 6.07) is 7.83. The van der Waals surface area contributed by atoms with Gasteiger partial charge in [0.05, 0.1) is 6.20 Å². The number of hydrogen-bond donors (Lipinski definition) is 2. The largest absolute Gasteiger partial charge is 0.399 e. The Balaban J connectivity index is 0.00000121. The molecule has 1 rings (SSSR count). The van der Waals surface area contributed by atoms with Crippen LogP contribution < -0.4 is 11.1 Å². The summed E-state index contributed by atoms with van der Waals surface area (Å²) in [7, 11) is 0. The molecule has 1 aromatic carbocycles. The van der Waals surface area contributed by atoms with Gasteiger partial charge in [0.15, 0.2) is 0 Å². The monoisotopic (exact) mass is 273 g/mol. The molecule has 0 unspecified atom stereocenters. The van der Waals surface area contributed by atoms with E-state index in [0.29, 0.717) is 0 Å². The highest BCUT2D eigenvalue weighted by Crippen LogP contribution is 2.08. The van der Waals surface area contributed by atoms with Gasteiger partial charge in [-0.1, -0.05) is 29.8 Å². The summed E-state index contributed by atoms with van der Waals surface area (Å²) in [6.45, 7) is 2.81. The van der Waals surface area contributed by atoms with Crippen LogP contribution in [0.3, 0.4) is 0 Å². The van der Waals surface area contributed by atoms with Crippen LogP contribution in [-0.2, 0) is 6.54 Å². The molecule has 0 aromatic heterocycles. The molecule has 2 nitrogen and oxygen atoms in total. The highest BCUT2D eigenvalue weighted by Gasteiger charge is 1.93. The van der Waals surface area contributed by atoms with Gasteiger partial charge < -0.3 is 11.1 Å². The van der Waals surface area contributed by atoms with Crippen molar-refractivity contribution in [3.63, 3.8) is 0 Å². The van der Waals surface area contributed by atoms with E-state index in [4.69, 9.17) is 17.3 Å². The summed E-state index contributed by atoms with van der Waals surface area (Å²) >= 11 is 10.4. The predicted octanol–water partition coefficient (Wildman–Crippen LogP) is 2.63. The van der Waals surface area contributed by atoms with Crippen molar-refractivity contribution in [1.82, 2.24) is 0 Å². The Morgan fingerprint density at radius 2 is 1.88 bits per heavy atom. The molecule has 94 valence electrons. The molecule has 4 heteroatoms. The normalized spacial score (nSPS) is 11.2. The van der Waals surface area contributed by atoms with Crippen molar-refractivity contribution in [2.24, 2.45) is 5.73 Å². The highest BCUT2D eigenvalue weighted by molar-refractivity contribution is 6.30. The first-order valence-electron chi connectivity index (χ1n) is 5.26. The van der Waals surface area contributed by atoms with E-state index in [-0.39, 0.29) is 0 Å². The van der Waals surface area contributed by atoms with Gasteiger partial charge in [0.1, 0.15) is 6.54 Å². The lowest BCUT2D eigenvalue weighted by molar-refractivity contribution is -0.604. The topological polar surface area (TPSA) is 42.6 Å². The van der Waals surface area contributed by atoms with Gasteiger partial charge in [-0.3, -0.25) is 0 Å². The highest BCUT2D eigenvalue weighted by atomic mass is 35.5. The van der Waals surface area contributed by atoms with Gasteiger partial charge in [-0.25, -0.2) is 0 Å². The number of allylic oxidation sites excluding steroid dienone is 2. The van der Waals surface area contributed by atoms with Crippen LogP contribution in [-0.4, -0.2) is 6.38 Å². The molecular formula is C13H19Cl2N2+. The fourth-order valence-electron chi connectivity index (χ4n) is 1.10. The molecule has 17 heavy (non-hydrogen) atoms. The Kier molecular flexibility index (Phi) is 9.63. The molecule has 0 saturated heterocycles. The predicted molar refractivity (Wildman–Crippen MR) is 75.9 cm³/mol. The minimum Gasteiger partial charge on any atom is -0.399 e. The maximum absolute atomic E-state index is 5.79. The number of quaternary nitrogens is 1. The van der Waals surface area contributed by atoms with E-state index >= 15 is 0 Å². The molecule has 0 aliphatic carbocycles. The Hall–Kier alpha value is -0.960. The van der Waals surface area contributed by atoms with Crippen molar-refractivity contribution in [3.05, 3.63) is 58.9 Å². The fraction of sp³-hybridized carbons (Fsp3) is 0.231. The van der Waals surface area contributed by atoms with Crippen molar-refractivity contribution < 1.29 is 5.32 Å². The zero-order valence-electron chi connectivity index (χ0n) is 10.2. The molecule has 0 saturated carbocycles. The minimum absolute atomic E-state index is 0.771. The van der Waals surface area contributed by atoms with Crippen molar-refractivity contribution >= 4 is 23.2 Å². The van der Waals surface area contributed by atoms with Gasteiger partial charge in [0.25, 0.3) is 0 Å². The molecule has 0 fully saturated rings. The van der Waals surface area contributed by atoms with Gasteiger partial charge in [-0.05, 0) is 19.1 Å². The summed E-state index contributed by atoms with van der Waals surface area (Å²) in [5.74, 6) is 0. The smallest absolute Gasteiger partial charge is 0.105 e. The van der Waals surface area contributed by atoms with Crippen LogP contribution in [0.4, 0.5) is 0 Å². The first kappa shape index (κ1) is 16.0. The number of alkyl halides is 1. The maximum Gasteiger partial charge on any atom is 0.105 e. The molecule has 0 radical (unpaired) electrons. The van der Waals surface area contributed by atoms with Crippen LogP contribution in [0.25, 0.3) is 0 Å². The van der Waals surface area contributed by atoms with Gasteiger partial charge in [-0.2, -0.15) is 0 Å². The molecule has 4 N–H and O–H groups in total. The van der Waals surface area contributed by atoms with Crippen LogP contribution in [0.1, 0.15) is 12.5 Å². The Labute approximate surface area is 113 Å². The minimum atomic E-state index is 0.771. The van der Waals surface area contributed by atoms with Crippen LogP contribution in [0, 0.1) is 0 Å². The SMILES string of the molecule is C/C=C(N)\C=C/[NH2+]Cc1ccc(Cl)cc1.CCl. The lowest BCUT2D eigenvalue weighted by atomic mass is 10.2. The second-order valence-electron chi connectivity index (χ2n) is 3.21. The zero-order valence-corrected chi connectivity index (χ0v) is 11.7. The second-order valence-corrected chi connectivity index (χ2v) is 3.65. The lowest BCUT2D eigenvalue weighted by Crippen LogP contribution is -2.76. The van der Waals surface area contributed by atoms with E-state index in [1.54, 1.807) is 0 Å². The van der Waals surface area contributed by atoms with E-state index < -0.39 is 0 Å². The number of nitrogens with two attached hydrogens (primary N) is 2. The fourth-order valence-corrected chi connectivity index (χ4v) is 1.23. The van der Waals surface area contributed by atoms with Crippen LogP contribution in [0.15, 0.2) is 48.3 Å². The average Bonchev–Trinajstić information content (AvgIpc) is 2.39. The number of hydrogen-bond acceptors (Lipinski definition) is 1. The standard InChI is InChI=1S/C12H15ClN2.CH3Cl/c1-2-12(14)7-8-15-9-10-3-5-11(13)6-4-10;1-2/h2-8,15H,9,14H2,1H3;1H3/p+1/b8-7-,12-2+;. The maximum atomic E-state index is 5.79. The molecule has 0 amide bonds. The lowest BCUT2D eigenvalue weighted by Gasteiger charge is -1.97. The van der Waals surface area contributed by atoms with Crippen molar-refractivity contribution in [2.75, 3.05) is 6.38 Å². The molecule has 0 spiro atoms. The third-order valence-corrected chi connectivity index (χ3v) is 2.28. The number of halogens is 2. The quantitative estimate of drug-likeness (QED) is 0.643. The molecule has 0 atom stereocenters. The third-order valence-electron chi connectivity index (χ3n) is 2.02. The van der Waals surface area contributed by atoms with E-state index in [9.17, 15) is 0 Å². The van der Waals surface area contributed by atoms with Crippen LogP contribution >= 0.6 is 23.2 Å². The number of rotatable bonds is 4. The molecule has 1 aromatic rings. The molecule has 0 aliphatic heterocycles. The molecule has 0 bridgehead atoms. The first-order valence-corrected chi connectivity index (χ1v) is 6.39. The average molecular weight is 274 g/mol. The van der Waals surface area contributed by atoms with Crippen molar-refractivity contribution in [1.29, 1.82) is 0 Å². The van der Waals surface area contributed by atoms with Gasteiger partial charge >= 0.3 is 0 Å². The third kappa shape index (κ3) is 7.86. The van der Waals surface area contributed by atoms with E-state index in [1.807, 2.05) is 49.5 Å². The summed E-state index contributed by atoms with van der Waals surface area (Å²) in [4.78, 5) is 0. The first-order chi connectivity index (χ1) is 8.22. The van der Waals surface area contributed by atoms with Crippen molar-refractivity contribution in [2.45, 2.75) is 13.5 Å². The summed E-state index contributed by atoms with van der Waals surface area (Å²) in [6.07, 6.45) is 7.19. The Bertz CT molecular complexity index is 356. The van der Waals surface area contributed by atoms with Gasteiger partial charge in [0, 0.05) is 28.7 Å². The van der Waals surface area contributed by atoms with Crippen molar-refractivity contribution in [3.8, 4) is 0 Å². The van der Waals surface area contributed by atoms with E-state index in [0.717, 1.165) is 17.3 Å². The Morgan fingerprint density at radius 3 is 2.41 bits per heavy atom. The molecule has 0 heterocycles. The Morgan fingerprint density at radius 1 is 1.29 bits per heavy atom. The number of benzene rings is 1. The van der Waals surface area contributed by atoms with E-state index in [1.165, 1.54) is 11.9 Å². The van der Waals surface area contributed by atoms with Gasteiger partial charge in [-0.15, -0.1) is 11.6 Å². The van der Waals surface area contributed by atoms with E-state index in [2.05, 4.69) is 16.9 Å². The summed E-state index contributed by atoms with van der Waals surface area (Å²) in [5, 5.41) is 2.84.